The highest BCUT2D eigenvalue weighted by atomic mass is 32.2. The maximum Gasteiger partial charge on any atom is 0.107 e. The van der Waals surface area contributed by atoms with Crippen LogP contribution in [0.4, 0.5) is 0 Å². The number of aryl methyl sites for hydroxylation is 2. The van der Waals surface area contributed by atoms with Crippen LogP contribution in [0, 0.1) is 0 Å². The van der Waals surface area contributed by atoms with E-state index in [4.69, 9.17) is 5.11 Å². The Balaban J connectivity index is 1.55. The predicted octanol–water partition coefficient (Wildman–Crippen LogP) is 1.84. The van der Waals surface area contributed by atoms with Crippen LogP contribution in [0.15, 0.2) is 0 Å². The van der Waals surface area contributed by atoms with Crippen molar-refractivity contribution in [1.82, 2.24) is 10.3 Å². The first-order chi connectivity index (χ1) is 8.40. The number of thiazole rings is 1. The van der Waals surface area contributed by atoms with Crippen molar-refractivity contribution in [2.75, 3.05) is 24.7 Å². The van der Waals surface area contributed by atoms with E-state index in [1.165, 1.54) is 34.8 Å². The number of nitrogens with zero attached hydrogens (tertiary/aromatic N) is 1. The molecule has 0 saturated carbocycles. The number of thioether (sulfide) groups is 1. The third-order valence-electron chi connectivity index (χ3n) is 2.79. The van der Waals surface area contributed by atoms with Crippen molar-refractivity contribution in [3.8, 4) is 0 Å². The normalized spacial score (nSPS) is 14.2. The summed E-state index contributed by atoms with van der Waals surface area (Å²) in [6, 6.07) is 0. The molecule has 96 valence electrons. The van der Waals surface area contributed by atoms with Crippen LogP contribution in [0.25, 0.3) is 0 Å². The molecule has 2 N–H and O–H groups in total. The molecule has 0 unspecified atom stereocenters. The van der Waals surface area contributed by atoms with Gasteiger partial charge in [0, 0.05) is 30.3 Å². The van der Waals surface area contributed by atoms with Gasteiger partial charge in [-0.3, -0.25) is 0 Å². The van der Waals surface area contributed by atoms with Crippen molar-refractivity contribution < 1.29 is 5.11 Å². The molecule has 5 heteroatoms. The van der Waals surface area contributed by atoms with Crippen molar-refractivity contribution >= 4 is 23.1 Å². The average molecular weight is 272 g/mol. The van der Waals surface area contributed by atoms with Gasteiger partial charge in [-0.2, -0.15) is 11.8 Å². The third kappa shape index (κ3) is 4.25. The van der Waals surface area contributed by atoms with Crippen LogP contribution in [0.5, 0.6) is 0 Å². The second-order valence-electron chi connectivity index (χ2n) is 4.20. The first kappa shape index (κ1) is 13.3. The monoisotopic (exact) mass is 272 g/mol. The fourth-order valence-electron chi connectivity index (χ4n) is 1.93. The number of rotatable bonds is 8. The number of hydrogen-bond acceptors (Lipinski definition) is 5. The first-order valence-electron chi connectivity index (χ1n) is 6.27. The smallest absolute Gasteiger partial charge is 0.107 e. The molecule has 1 aliphatic rings. The third-order valence-corrected chi connectivity index (χ3v) is 5.01. The Kier molecular flexibility index (Phi) is 5.77. The van der Waals surface area contributed by atoms with Gasteiger partial charge in [-0.15, -0.1) is 11.3 Å². The molecular formula is C12H20N2OS2. The van der Waals surface area contributed by atoms with Gasteiger partial charge in [0.15, 0.2) is 0 Å². The van der Waals surface area contributed by atoms with Crippen LogP contribution in [0.2, 0.25) is 0 Å². The van der Waals surface area contributed by atoms with Crippen molar-refractivity contribution in [3.05, 3.63) is 15.6 Å². The summed E-state index contributed by atoms with van der Waals surface area (Å²) in [7, 11) is 0. The lowest BCUT2D eigenvalue weighted by atomic mass is 10.4. The summed E-state index contributed by atoms with van der Waals surface area (Å²) in [4.78, 5) is 6.17. The van der Waals surface area contributed by atoms with Crippen molar-refractivity contribution in [2.45, 2.75) is 32.2 Å². The zero-order chi connectivity index (χ0) is 11.9. The van der Waals surface area contributed by atoms with E-state index in [1.54, 1.807) is 0 Å². The molecule has 0 aromatic carbocycles. The van der Waals surface area contributed by atoms with E-state index in [-0.39, 0.29) is 0 Å². The molecule has 1 aliphatic carbocycles. The fraction of sp³-hybridized carbons (Fsp3) is 0.750. The molecule has 0 aliphatic heterocycles. The lowest BCUT2D eigenvalue weighted by molar-refractivity contribution is 0.296. The molecule has 0 spiro atoms. The van der Waals surface area contributed by atoms with E-state index in [0.29, 0.717) is 6.61 Å². The van der Waals surface area contributed by atoms with Crippen LogP contribution in [-0.2, 0) is 19.4 Å². The summed E-state index contributed by atoms with van der Waals surface area (Å²) in [6.45, 7) is 2.25. The Labute approximate surface area is 111 Å². The summed E-state index contributed by atoms with van der Waals surface area (Å²) in [5, 5.41) is 13.3. The van der Waals surface area contributed by atoms with Gasteiger partial charge < -0.3 is 10.4 Å². The summed E-state index contributed by atoms with van der Waals surface area (Å²) in [6.07, 6.45) is 4.63. The van der Waals surface area contributed by atoms with Crippen LogP contribution in [0.3, 0.4) is 0 Å². The Morgan fingerprint density at radius 2 is 2.29 bits per heavy atom. The highest BCUT2D eigenvalue weighted by Crippen LogP contribution is 2.27. The Morgan fingerprint density at radius 1 is 1.35 bits per heavy atom. The van der Waals surface area contributed by atoms with E-state index in [1.807, 2.05) is 23.1 Å². The van der Waals surface area contributed by atoms with Crippen LogP contribution in [0.1, 0.15) is 28.4 Å². The van der Waals surface area contributed by atoms with E-state index in [9.17, 15) is 0 Å². The lowest BCUT2D eigenvalue weighted by Gasteiger charge is -2.02. The number of aliphatic hydroxyl groups is 1. The maximum atomic E-state index is 8.64. The molecule has 0 saturated heterocycles. The molecule has 1 heterocycles. The number of aliphatic hydroxyl groups excluding tert-OH is 1. The summed E-state index contributed by atoms with van der Waals surface area (Å²) < 4.78 is 0. The summed E-state index contributed by atoms with van der Waals surface area (Å²) in [5.41, 5.74) is 1.35. The topological polar surface area (TPSA) is 45.1 Å². The van der Waals surface area contributed by atoms with Gasteiger partial charge in [-0.1, -0.05) is 0 Å². The molecule has 0 amide bonds. The zero-order valence-corrected chi connectivity index (χ0v) is 11.7. The minimum absolute atomic E-state index is 0.311. The highest BCUT2D eigenvalue weighted by Gasteiger charge is 2.15. The van der Waals surface area contributed by atoms with Crippen LogP contribution < -0.4 is 5.32 Å². The minimum atomic E-state index is 0.311. The molecule has 1 aromatic rings. The average Bonchev–Trinajstić information content (AvgIpc) is 2.88. The summed E-state index contributed by atoms with van der Waals surface area (Å²) >= 11 is 3.78. The zero-order valence-electron chi connectivity index (χ0n) is 10.1. The largest absolute Gasteiger partial charge is 0.396 e. The minimum Gasteiger partial charge on any atom is -0.396 e. The van der Waals surface area contributed by atoms with Gasteiger partial charge >= 0.3 is 0 Å². The van der Waals surface area contributed by atoms with Crippen molar-refractivity contribution in [1.29, 1.82) is 0 Å². The first-order valence-corrected chi connectivity index (χ1v) is 8.24. The van der Waals surface area contributed by atoms with E-state index < -0.39 is 0 Å². The quantitative estimate of drug-likeness (QED) is 0.709. The molecule has 0 bridgehead atoms. The van der Waals surface area contributed by atoms with Gasteiger partial charge in [-0.05, 0) is 31.4 Å². The Hall–Kier alpha value is -0.100. The van der Waals surface area contributed by atoms with Gasteiger partial charge in [-0.25, -0.2) is 4.98 Å². The fourth-order valence-corrected chi connectivity index (χ4v) is 3.88. The highest BCUT2D eigenvalue weighted by molar-refractivity contribution is 7.99. The van der Waals surface area contributed by atoms with Crippen molar-refractivity contribution in [3.63, 3.8) is 0 Å². The lowest BCUT2D eigenvalue weighted by Crippen LogP contribution is -2.16. The maximum absolute atomic E-state index is 8.64. The number of fused-ring (bicyclic) bond motifs is 1. The second-order valence-corrected chi connectivity index (χ2v) is 6.59. The van der Waals surface area contributed by atoms with Gasteiger partial charge in [0.05, 0.1) is 5.69 Å². The Morgan fingerprint density at radius 3 is 3.12 bits per heavy atom. The predicted molar refractivity (Wildman–Crippen MR) is 74.9 cm³/mol. The van der Waals surface area contributed by atoms with Crippen molar-refractivity contribution in [2.24, 2.45) is 0 Å². The molecule has 0 fully saturated rings. The SMILES string of the molecule is OCCCSCCNCc1nc2c(s1)CCC2. The Bertz CT molecular complexity index is 320. The van der Waals surface area contributed by atoms with Gasteiger partial charge in [0.1, 0.15) is 5.01 Å². The van der Waals surface area contributed by atoms with E-state index in [0.717, 1.165) is 31.0 Å². The molecule has 1 aromatic heterocycles. The molecule has 0 atom stereocenters. The molecule has 17 heavy (non-hydrogen) atoms. The van der Waals surface area contributed by atoms with Gasteiger partial charge in [0.2, 0.25) is 0 Å². The second kappa shape index (κ2) is 7.36. The van der Waals surface area contributed by atoms with Crippen LogP contribution >= 0.6 is 23.1 Å². The number of aromatic nitrogens is 1. The number of hydrogen-bond donors (Lipinski definition) is 2. The molecule has 0 radical (unpaired) electrons. The summed E-state index contributed by atoms with van der Waals surface area (Å²) in [5.74, 6) is 2.18. The molecule has 3 nitrogen and oxygen atoms in total. The van der Waals surface area contributed by atoms with Gasteiger partial charge in [0.25, 0.3) is 0 Å². The van der Waals surface area contributed by atoms with E-state index >= 15 is 0 Å². The number of nitrogens with one attached hydrogen (secondary N) is 1. The molecule has 2 rings (SSSR count). The van der Waals surface area contributed by atoms with E-state index in [2.05, 4.69) is 10.3 Å². The van der Waals surface area contributed by atoms with Crippen LogP contribution in [-0.4, -0.2) is 34.7 Å². The molecular weight excluding hydrogens is 252 g/mol. The standard InChI is InChI=1S/C12H20N2OS2/c15-6-2-7-16-8-5-13-9-12-14-10-3-1-4-11(10)17-12/h13,15H,1-9H2.